The fraction of sp³-hybridized carbons (Fsp3) is 1.00. The molecule has 0 atom stereocenters. The van der Waals surface area contributed by atoms with Gasteiger partial charge >= 0.3 is 0 Å². The molecule has 0 aliphatic rings. The number of ether oxygens (including phenoxy) is 1. The first-order valence-electron chi connectivity index (χ1n) is 4.47. The topological polar surface area (TPSA) is 9.23 Å². The molecule has 0 heterocycles. The van der Waals surface area contributed by atoms with Crippen LogP contribution >= 0.6 is 0 Å². The van der Waals surface area contributed by atoms with Crippen molar-refractivity contribution >= 4 is 0 Å². The van der Waals surface area contributed by atoms with Gasteiger partial charge in [-0.2, -0.15) is 0 Å². The molecule has 0 amide bonds. The summed E-state index contributed by atoms with van der Waals surface area (Å²) in [4.78, 5) is 0. The van der Waals surface area contributed by atoms with Gasteiger partial charge < -0.3 is 4.74 Å². The standard InChI is InChI=1S/C10H22O/c1-7-8-10(5,6)11-9(2,3)4/h7-8H2,1-6H3. The molecule has 0 aromatic rings. The monoisotopic (exact) mass is 158 g/mol. The van der Waals surface area contributed by atoms with E-state index in [0.29, 0.717) is 0 Å². The first-order valence-corrected chi connectivity index (χ1v) is 4.47. The van der Waals surface area contributed by atoms with Crippen LogP contribution in [0.5, 0.6) is 0 Å². The van der Waals surface area contributed by atoms with Crippen LogP contribution in [-0.4, -0.2) is 11.2 Å². The Labute approximate surface area is 71.1 Å². The maximum atomic E-state index is 5.87. The van der Waals surface area contributed by atoms with E-state index in [1.807, 2.05) is 0 Å². The Kier molecular flexibility index (Phi) is 3.56. The van der Waals surface area contributed by atoms with Gasteiger partial charge in [0.05, 0.1) is 11.2 Å². The molecule has 1 nitrogen and oxygen atoms in total. The Bertz CT molecular complexity index is 109. The summed E-state index contributed by atoms with van der Waals surface area (Å²) in [7, 11) is 0. The molecule has 0 fully saturated rings. The Balaban J connectivity index is 3.91. The Morgan fingerprint density at radius 3 is 1.73 bits per heavy atom. The molecule has 0 aliphatic heterocycles. The quantitative estimate of drug-likeness (QED) is 0.612. The molecule has 0 aliphatic carbocycles. The fourth-order valence-corrected chi connectivity index (χ4v) is 1.48. The van der Waals surface area contributed by atoms with Crippen molar-refractivity contribution in [1.29, 1.82) is 0 Å². The predicted molar refractivity (Wildman–Crippen MR) is 49.8 cm³/mol. The first kappa shape index (κ1) is 11.0. The minimum absolute atomic E-state index is 0.0152. The van der Waals surface area contributed by atoms with Gasteiger partial charge in [0.2, 0.25) is 0 Å². The van der Waals surface area contributed by atoms with Crippen LogP contribution in [0, 0.1) is 0 Å². The molecule has 0 N–H and O–H groups in total. The highest BCUT2D eigenvalue weighted by Gasteiger charge is 2.24. The van der Waals surface area contributed by atoms with Crippen LogP contribution < -0.4 is 0 Å². The third-order valence-corrected chi connectivity index (χ3v) is 1.43. The van der Waals surface area contributed by atoms with Crippen molar-refractivity contribution in [2.75, 3.05) is 0 Å². The normalized spacial score (nSPS) is 13.6. The Morgan fingerprint density at radius 2 is 1.45 bits per heavy atom. The molecule has 0 aromatic heterocycles. The van der Waals surface area contributed by atoms with Gasteiger partial charge in [-0.05, 0) is 41.0 Å². The molecule has 11 heavy (non-hydrogen) atoms. The Hall–Kier alpha value is -0.0400. The van der Waals surface area contributed by atoms with E-state index in [1.165, 1.54) is 6.42 Å². The summed E-state index contributed by atoms with van der Waals surface area (Å²) in [6.07, 6.45) is 2.31. The van der Waals surface area contributed by atoms with Crippen molar-refractivity contribution in [3.8, 4) is 0 Å². The SMILES string of the molecule is CCCC(C)(C)OC(C)(C)C. The number of hydrogen-bond donors (Lipinski definition) is 0. The van der Waals surface area contributed by atoms with E-state index in [1.54, 1.807) is 0 Å². The van der Waals surface area contributed by atoms with Crippen LogP contribution in [0.15, 0.2) is 0 Å². The fourth-order valence-electron chi connectivity index (χ4n) is 1.48. The molecular weight excluding hydrogens is 136 g/mol. The summed E-state index contributed by atoms with van der Waals surface area (Å²) in [5.41, 5.74) is 0.0195. The summed E-state index contributed by atoms with van der Waals surface area (Å²) in [6.45, 7) is 12.8. The third kappa shape index (κ3) is 6.36. The molecule has 0 saturated heterocycles. The lowest BCUT2D eigenvalue weighted by Crippen LogP contribution is -2.34. The maximum absolute atomic E-state index is 5.87. The second-order valence-corrected chi connectivity index (χ2v) is 4.72. The average molecular weight is 158 g/mol. The molecule has 0 saturated carbocycles. The third-order valence-electron chi connectivity index (χ3n) is 1.43. The molecule has 1 heteroatoms. The zero-order valence-corrected chi connectivity index (χ0v) is 8.82. The summed E-state index contributed by atoms with van der Waals surface area (Å²) < 4.78 is 5.87. The lowest BCUT2D eigenvalue weighted by molar-refractivity contribution is -0.116. The van der Waals surface area contributed by atoms with Crippen LogP contribution in [-0.2, 0) is 4.74 Å². The van der Waals surface area contributed by atoms with Gasteiger partial charge in [-0.15, -0.1) is 0 Å². The van der Waals surface area contributed by atoms with Crippen molar-refractivity contribution < 1.29 is 4.74 Å². The molecule has 0 bridgehead atoms. The van der Waals surface area contributed by atoms with Crippen LogP contribution in [0.2, 0.25) is 0 Å². The lowest BCUT2D eigenvalue weighted by Gasteiger charge is -2.33. The van der Waals surface area contributed by atoms with Crippen molar-refractivity contribution in [1.82, 2.24) is 0 Å². The summed E-state index contributed by atoms with van der Waals surface area (Å²) in [5, 5.41) is 0. The Morgan fingerprint density at radius 1 is 1.00 bits per heavy atom. The van der Waals surface area contributed by atoms with Gasteiger partial charge in [-0.3, -0.25) is 0 Å². The van der Waals surface area contributed by atoms with Crippen LogP contribution in [0.4, 0.5) is 0 Å². The summed E-state index contributed by atoms with van der Waals surface area (Å²) >= 11 is 0. The molecule has 0 unspecified atom stereocenters. The molecule has 0 rings (SSSR count). The van der Waals surface area contributed by atoms with E-state index in [4.69, 9.17) is 4.74 Å². The van der Waals surface area contributed by atoms with E-state index >= 15 is 0 Å². The molecule has 0 radical (unpaired) electrons. The van der Waals surface area contributed by atoms with E-state index in [0.717, 1.165) is 6.42 Å². The highest BCUT2D eigenvalue weighted by atomic mass is 16.5. The summed E-state index contributed by atoms with van der Waals surface area (Å²) in [5.74, 6) is 0. The van der Waals surface area contributed by atoms with Gasteiger partial charge in [-0.1, -0.05) is 13.3 Å². The van der Waals surface area contributed by atoms with Crippen LogP contribution in [0.1, 0.15) is 54.4 Å². The van der Waals surface area contributed by atoms with Crippen LogP contribution in [0.3, 0.4) is 0 Å². The summed E-state index contributed by atoms with van der Waals surface area (Å²) in [6, 6.07) is 0. The van der Waals surface area contributed by atoms with E-state index in [2.05, 4.69) is 41.5 Å². The van der Waals surface area contributed by atoms with Crippen molar-refractivity contribution in [3.63, 3.8) is 0 Å². The number of hydrogen-bond acceptors (Lipinski definition) is 1. The highest BCUT2D eigenvalue weighted by Crippen LogP contribution is 2.23. The van der Waals surface area contributed by atoms with Crippen molar-refractivity contribution in [2.45, 2.75) is 65.6 Å². The average Bonchev–Trinajstić information content (AvgIpc) is 1.55. The molecule has 0 spiro atoms. The van der Waals surface area contributed by atoms with E-state index in [-0.39, 0.29) is 11.2 Å². The second-order valence-electron chi connectivity index (χ2n) is 4.72. The second kappa shape index (κ2) is 3.57. The molecule has 68 valence electrons. The van der Waals surface area contributed by atoms with Gasteiger partial charge in [0.25, 0.3) is 0 Å². The smallest absolute Gasteiger partial charge is 0.0633 e. The van der Waals surface area contributed by atoms with Crippen molar-refractivity contribution in [2.24, 2.45) is 0 Å². The zero-order chi connectivity index (χ0) is 9.12. The van der Waals surface area contributed by atoms with Gasteiger partial charge in [-0.25, -0.2) is 0 Å². The minimum Gasteiger partial charge on any atom is -0.370 e. The largest absolute Gasteiger partial charge is 0.370 e. The van der Waals surface area contributed by atoms with E-state index in [9.17, 15) is 0 Å². The van der Waals surface area contributed by atoms with E-state index < -0.39 is 0 Å². The zero-order valence-electron chi connectivity index (χ0n) is 8.82. The van der Waals surface area contributed by atoms with Crippen LogP contribution in [0.25, 0.3) is 0 Å². The molecular formula is C10H22O. The maximum Gasteiger partial charge on any atom is 0.0633 e. The van der Waals surface area contributed by atoms with Gasteiger partial charge in [0, 0.05) is 0 Å². The van der Waals surface area contributed by atoms with Gasteiger partial charge in [0.1, 0.15) is 0 Å². The minimum atomic E-state index is -0.0152. The van der Waals surface area contributed by atoms with Crippen molar-refractivity contribution in [3.05, 3.63) is 0 Å². The molecule has 0 aromatic carbocycles. The highest BCUT2D eigenvalue weighted by molar-refractivity contribution is 4.73. The predicted octanol–water partition coefficient (Wildman–Crippen LogP) is 3.38. The van der Waals surface area contributed by atoms with Gasteiger partial charge in [0.15, 0.2) is 0 Å². The first-order chi connectivity index (χ1) is 4.77. The lowest BCUT2D eigenvalue weighted by atomic mass is 10.0. The number of rotatable bonds is 3.